The van der Waals surface area contributed by atoms with Gasteiger partial charge in [0.15, 0.2) is 0 Å². The molecular formula is C18H22O3S. The Hall–Kier alpha value is -1.33. The van der Waals surface area contributed by atoms with E-state index in [4.69, 9.17) is 9.47 Å². The van der Waals surface area contributed by atoms with Crippen LogP contribution in [0.1, 0.15) is 12.5 Å². The number of benzene rings is 2. The van der Waals surface area contributed by atoms with Crippen molar-refractivity contribution in [2.45, 2.75) is 36.1 Å². The Balaban J connectivity index is 1.88. The van der Waals surface area contributed by atoms with Crippen LogP contribution in [0.2, 0.25) is 0 Å². The molecule has 22 heavy (non-hydrogen) atoms. The molecular weight excluding hydrogens is 296 g/mol. The second-order valence-corrected chi connectivity index (χ2v) is 6.20. The zero-order chi connectivity index (χ0) is 15.8. The average molecular weight is 318 g/mol. The molecule has 0 fully saturated rings. The summed E-state index contributed by atoms with van der Waals surface area (Å²) in [6.45, 7) is 2.34. The summed E-state index contributed by atoms with van der Waals surface area (Å²) in [6, 6.07) is 19.8. The molecule has 0 aliphatic rings. The van der Waals surface area contributed by atoms with Gasteiger partial charge in [-0.15, -0.1) is 0 Å². The first-order chi connectivity index (χ1) is 10.7. The molecule has 0 saturated carbocycles. The number of aliphatic hydroxyl groups is 1. The minimum Gasteiger partial charge on any atom is -0.387 e. The van der Waals surface area contributed by atoms with Crippen molar-refractivity contribution in [2.75, 3.05) is 7.11 Å². The third-order valence-electron chi connectivity index (χ3n) is 3.34. The van der Waals surface area contributed by atoms with Crippen molar-refractivity contribution in [2.24, 2.45) is 0 Å². The van der Waals surface area contributed by atoms with Crippen molar-refractivity contribution in [3.63, 3.8) is 0 Å². The molecule has 3 atom stereocenters. The Morgan fingerprint density at radius 3 is 2.18 bits per heavy atom. The molecule has 0 aromatic heterocycles. The second kappa shape index (κ2) is 8.96. The smallest absolute Gasteiger partial charge is 0.135 e. The van der Waals surface area contributed by atoms with E-state index in [-0.39, 0.29) is 11.5 Å². The summed E-state index contributed by atoms with van der Waals surface area (Å²) in [5, 5.41) is 10.4. The van der Waals surface area contributed by atoms with Crippen LogP contribution in [0.4, 0.5) is 0 Å². The van der Waals surface area contributed by atoms with Crippen LogP contribution in [0.25, 0.3) is 0 Å². The molecule has 2 rings (SSSR count). The van der Waals surface area contributed by atoms with Crippen LogP contribution in [0, 0.1) is 0 Å². The van der Waals surface area contributed by atoms with Crippen LogP contribution in [0.5, 0.6) is 0 Å². The minimum absolute atomic E-state index is 0.318. The Bertz CT molecular complexity index is 533. The van der Waals surface area contributed by atoms with E-state index in [2.05, 4.69) is 0 Å². The maximum atomic E-state index is 10.4. The SMILES string of the molecule is CO[C@H](Sc1ccccc1)[C@@H](O)[C@H](C)OCc1ccccc1. The van der Waals surface area contributed by atoms with Crippen molar-refractivity contribution < 1.29 is 14.6 Å². The van der Waals surface area contributed by atoms with Crippen molar-refractivity contribution in [1.29, 1.82) is 0 Å². The lowest BCUT2D eigenvalue weighted by Gasteiger charge is -2.26. The van der Waals surface area contributed by atoms with E-state index in [1.54, 1.807) is 7.11 Å². The second-order valence-electron chi connectivity index (χ2n) is 5.03. The van der Waals surface area contributed by atoms with E-state index in [0.29, 0.717) is 6.61 Å². The third kappa shape index (κ3) is 5.14. The van der Waals surface area contributed by atoms with Gasteiger partial charge >= 0.3 is 0 Å². The Morgan fingerprint density at radius 1 is 1.00 bits per heavy atom. The predicted molar refractivity (Wildman–Crippen MR) is 89.8 cm³/mol. The van der Waals surface area contributed by atoms with E-state index in [1.165, 1.54) is 11.8 Å². The van der Waals surface area contributed by atoms with Crippen molar-refractivity contribution in [3.05, 3.63) is 66.2 Å². The van der Waals surface area contributed by atoms with E-state index in [9.17, 15) is 5.11 Å². The molecule has 0 unspecified atom stereocenters. The van der Waals surface area contributed by atoms with Crippen LogP contribution in [-0.2, 0) is 16.1 Å². The number of rotatable bonds is 8. The number of thioether (sulfide) groups is 1. The van der Waals surface area contributed by atoms with Gasteiger partial charge in [-0.3, -0.25) is 0 Å². The van der Waals surface area contributed by atoms with Gasteiger partial charge in [-0.2, -0.15) is 0 Å². The van der Waals surface area contributed by atoms with Crippen LogP contribution in [-0.4, -0.2) is 29.9 Å². The standard InChI is InChI=1S/C18H22O3S/c1-14(21-13-15-9-5-3-6-10-15)17(19)18(20-2)22-16-11-7-4-8-12-16/h3-12,14,17-19H,13H2,1-2H3/t14-,17-,18+/m0/s1. The monoisotopic (exact) mass is 318 g/mol. The lowest BCUT2D eigenvalue weighted by atomic mass is 10.2. The molecule has 0 saturated heterocycles. The maximum Gasteiger partial charge on any atom is 0.135 e. The molecule has 0 radical (unpaired) electrons. The average Bonchev–Trinajstić information content (AvgIpc) is 2.58. The minimum atomic E-state index is -0.709. The molecule has 1 N–H and O–H groups in total. The van der Waals surface area contributed by atoms with E-state index >= 15 is 0 Å². The van der Waals surface area contributed by atoms with Crippen molar-refractivity contribution in [3.8, 4) is 0 Å². The van der Waals surface area contributed by atoms with Gasteiger partial charge in [0.05, 0.1) is 12.7 Å². The fourth-order valence-corrected chi connectivity index (χ4v) is 3.05. The molecule has 0 spiro atoms. The highest BCUT2D eigenvalue weighted by atomic mass is 32.2. The fourth-order valence-electron chi connectivity index (χ4n) is 2.01. The first-order valence-electron chi connectivity index (χ1n) is 7.29. The van der Waals surface area contributed by atoms with Crippen LogP contribution in [0.15, 0.2) is 65.6 Å². The molecule has 118 valence electrons. The number of aliphatic hydroxyl groups excluding tert-OH is 1. The zero-order valence-electron chi connectivity index (χ0n) is 12.9. The summed E-state index contributed by atoms with van der Waals surface area (Å²) in [7, 11) is 1.60. The van der Waals surface area contributed by atoms with Gasteiger partial charge in [-0.05, 0) is 24.6 Å². The predicted octanol–water partition coefficient (Wildman–Crippen LogP) is 3.72. The number of hydrogen-bond donors (Lipinski definition) is 1. The molecule has 0 bridgehead atoms. The molecule has 2 aromatic carbocycles. The van der Waals surface area contributed by atoms with Gasteiger partial charge in [0.1, 0.15) is 11.5 Å². The normalized spacial score (nSPS) is 15.2. The summed E-state index contributed by atoms with van der Waals surface area (Å²) in [5.41, 5.74) is 0.722. The van der Waals surface area contributed by atoms with Gasteiger partial charge in [0.2, 0.25) is 0 Å². The Kier molecular flexibility index (Phi) is 6.93. The van der Waals surface area contributed by atoms with Crippen LogP contribution >= 0.6 is 11.8 Å². The molecule has 0 aliphatic heterocycles. The van der Waals surface area contributed by atoms with Crippen LogP contribution in [0.3, 0.4) is 0 Å². The van der Waals surface area contributed by atoms with E-state index in [1.807, 2.05) is 67.6 Å². The Morgan fingerprint density at radius 2 is 1.59 bits per heavy atom. The molecule has 0 heterocycles. The van der Waals surface area contributed by atoms with Gasteiger partial charge in [-0.1, -0.05) is 60.3 Å². The zero-order valence-corrected chi connectivity index (χ0v) is 13.7. The highest BCUT2D eigenvalue weighted by Gasteiger charge is 2.26. The maximum absolute atomic E-state index is 10.4. The number of methoxy groups -OCH3 is 1. The van der Waals surface area contributed by atoms with E-state index < -0.39 is 6.10 Å². The summed E-state index contributed by atoms with van der Waals surface area (Å²) in [6.07, 6.45) is -1.03. The molecule has 0 aliphatic carbocycles. The summed E-state index contributed by atoms with van der Waals surface area (Å²) in [5.74, 6) is 0. The molecule has 0 amide bonds. The first-order valence-corrected chi connectivity index (χ1v) is 8.16. The van der Waals surface area contributed by atoms with Gasteiger partial charge in [0, 0.05) is 12.0 Å². The fraction of sp³-hybridized carbons (Fsp3) is 0.333. The lowest BCUT2D eigenvalue weighted by Crippen LogP contribution is -2.36. The molecule has 4 heteroatoms. The molecule has 2 aromatic rings. The van der Waals surface area contributed by atoms with E-state index in [0.717, 1.165) is 10.5 Å². The Labute approximate surface area is 136 Å². The van der Waals surface area contributed by atoms with Crippen molar-refractivity contribution >= 4 is 11.8 Å². The topological polar surface area (TPSA) is 38.7 Å². The summed E-state index contributed by atoms with van der Waals surface area (Å²) >= 11 is 1.49. The third-order valence-corrected chi connectivity index (χ3v) is 4.59. The summed E-state index contributed by atoms with van der Waals surface area (Å²) in [4.78, 5) is 1.06. The molecule has 3 nitrogen and oxygen atoms in total. The number of hydrogen-bond acceptors (Lipinski definition) is 4. The van der Waals surface area contributed by atoms with Crippen LogP contribution < -0.4 is 0 Å². The first kappa shape index (κ1) is 17.0. The van der Waals surface area contributed by atoms with Gasteiger partial charge < -0.3 is 14.6 Å². The van der Waals surface area contributed by atoms with Gasteiger partial charge in [-0.25, -0.2) is 0 Å². The van der Waals surface area contributed by atoms with Crippen molar-refractivity contribution in [1.82, 2.24) is 0 Å². The summed E-state index contributed by atoms with van der Waals surface area (Å²) < 4.78 is 11.2. The highest BCUT2D eigenvalue weighted by Crippen LogP contribution is 2.27. The lowest BCUT2D eigenvalue weighted by molar-refractivity contribution is -0.0724. The highest BCUT2D eigenvalue weighted by molar-refractivity contribution is 7.99. The largest absolute Gasteiger partial charge is 0.387 e. The number of ether oxygens (including phenoxy) is 2. The van der Waals surface area contributed by atoms with Gasteiger partial charge in [0.25, 0.3) is 0 Å². The quantitative estimate of drug-likeness (QED) is 0.595.